The molecule has 0 unspecified atom stereocenters. The molecular weight excluding hydrogens is 228 g/mol. The first-order chi connectivity index (χ1) is 8.31. The minimum atomic E-state index is -0.855. The Bertz CT molecular complexity index is 475. The topological polar surface area (TPSA) is 54.4 Å². The Labute approximate surface area is 108 Å². The molecule has 0 aromatic heterocycles. The van der Waals surface area contributed by atoms with Gasteiger partial charge in [0.05, 0.1) is 0 Å². The van der Waals surface area contributed by atoms with E-state index in [1.165, 1.54) is 5.56 Å². The van der Waals surface area contributed by atoms with Gasteiger partial charge < -0.3 is 5.11 Å². The number of ketones is 1. The normalized spacial score (nSPS) is 12.2. The quantitative estimate of drug-likeness (QED) is 0.813. The van der Waals surface area contributed by atoms with E-state index >= 15 is 0 Å². The highest BCUT2D eigenvalue weighted by molar-refractivity contribution is 5.98. The molecule has 1 atom stereocenters. The van der Waals surface area contributed by atoms with Crippen molar-refractivity contribution in [3.8, 4) is 0 Å². The molecule has 0 saturated heterocycles. The van der Waals surface area contributed by atoms with Crippen LogP contribution in [0.4, 0.5) is 0 Å². The number of aryl methyl sites for hydroxylation is 3. The maximum Gasteiger partial charge on any atom is 0.303 e. The number of rotatable bonds is 5. The van der Waals surface area contributed by atoms with E-state index in [9.17, 15) is 9.59 Å². The Morgan fingerprint density at radius 1 is 1.06 bits per heavy atom. The molecule has 3 nitrogen and oxygen atoms in total. The molecule has 1 aromatic rings. The van der Waals surface area contributed by atoms with Crippen LogP contribution in [0, 0.1) is 26.7 Å². The zero-order valence-corrected chi connectivity index (χ0v) is 11.4. The second-order valence-electron chi connectivity index (χ2n) is 5.08. The molecule has 0 aliphatic rings. The summed E-state index contributed by atoms with van der Waals surface area (Å²) in [4.78, 5) is 22.7. The number of carboxylic acids is 1. The van der Waals surface area contributed by atoms with E-state index in [1.54, 1.807) is 6.92 Å². The van der Waals surface area contributed by atoms with Gasteiger partial charge in [0.15, 0.2) is 5.78 Å². The van der Waals surface area contributed by atoms with Crippen molar-refractivity contribution in [2.24, 2.45) is 5.92 Å². The van der Waals surface area contributed by atoms with Crippen LogP contribution in [-0.4, -0.2) is 16.9 Å². The van der Waals surface area contributed by atoms with Crippen molar-refractivity contribution >= 4 is 11.8 Å². The minimum Gasteiger partial charge on any atom is -0.481 e. The number of Topliss-reactive ketones (excluding diaryl/α,β-unsaturated/α-hetero) is 1. The fraction of sp³-hybridized carbons (Fsp3) is 0.467. The van der Waals surface area contributed by atoms with Gasteiger partial charge in [0.1, 0.15) is 0 Å². The van der Waals surface area contributed by atoms with Crippen LogP contribution in [0.1, 0.15) is 46.8 Å². The van der Waals surface area contributed by atoms with E-state index in [-0.39, 0.29) is 24.5 Å². The van der Waals surface area contributed by atoms with Crippen molar-refractivity contribution in [1.29, 1.82) is 0 Å². The van der Waals surface area contributed by atoms with E-state index in [0.717, 1.165) is 16.7 Å². The zero-order valence-electron chi connectivity index (χ0n) is 11.4. The molecule has 0 heterocycles. The van der Waals surface area contributed by atoms with Crippen LogP contribution in [0.3, 0.4) is 0 Å². The summed E-state index contributed by atoms with van der Waals surface area (Å²) in [5.74, 6) is -0.951. The molecule has 3 heteroatoms. The van der Waals surface area contributed by atoms with Crippen LogP contribution < -0.4 is 0 Å². The van der Waals surface area contributed by atoms with Gasteiger partial charge in [-0.25, -0.2) is 0 Å². The molecule has 98 valence electrons. The summed E-state index contributed by atoms with van der Waals surface area (Å²) in [5, 5.41) is 8.69. The lowest BCUT2D eigenvalue weighted by Gasteiger charge is -2.11. The summed E-state index contributed by atoms with van der Waals surface area (Å²) in [6.07, 6.45) is 0.325. The summed E-state index contributed by atoms with van der Waals surface area (Å²) in [5.41, 5.74) is 3.94. The Hall–Kier alpha value is -1.64. The molecule has 0 radical (unpaired) electrons. The number of aliphatic carboxylic acids is 1. The molecule has 0 aliphatic carbocycles. The van der Waals surface area contributed by atoms with Gasteiger partial charge >= 0.3 is 5.97 Å². The van der Waals surface area contributed by atoms with Gasteiger partial charge in [-0.2, -0.15) is 0 Å². The van der Waals surface area contributed by atoms with Crippen molar-refractivity contribution in [1.82, 2.24) is 0 Å². The second kappa shape index (κ2) is 5.80. The maximum atomic E-state index is 12.1. The Morgan fingerprint density at radius 3 is 2.17 bits per heavy atom. The monoisotopic (exact) mass is 248 g/mol. The van der Waals surface area contributed by atoms with Gasteiger partial charge in [0, 0.05) is 18.4 Å². The van der Waals surface area contributed by atoms with Gasteiger partial charge in [-0.15, -0.1) is 0 Å². The predicted molar refractivity (Wildman–Crippen MR) is 71.0 cm³/mol. The van der Waals surface area contributed by atoms with Gasteiger partial charge in [-0.3, -0.25) is 9.59 Å². The Kier molecular flexibility index (Phi) is 4.65. The summed E-state index contributed by atoms with van der Waals surface area (Å²) in [7, 11) is 0. The summed E-state index contributed by atoms with van der Waals surface area (Å²) in [6, 6.07) is 3.91. The first-order valence-electron chi connectivity index (χ1n) is 6.14. The standard InChI is InChI=1S/C15H20O3/c1-9(6-15(17)18)5-14(16)13-8-11(3)10(2)7-12(13)4/h7-9H,5-6H2,1-4H3,(H,17,18)/t9-/m1/s1. The molecule has 0 amide bonds. The Balaban J connectivity index is 2.85. The average molecular weight is 248 g/mol. The molecule has 0 spiro atoms. The molecular formula is C15H20O3. The zero-order chi connectivity index (χ0) is 13.9. The smallest absolute Gasteiger partial charge is 0.303 e. The van der Waals surface area contributed by atoms with Gasteiger partial charge in [0.25, 0.3) is 0 Å². The number of hydrogen-bond acceptors (Lipinski definition) is 2. The van der Waals surface area contributed by atoms with Crippen LogP contribution in [-0.2, 0) is 4.79 Å². The highest BCUT2D eigenvalue weighted by Crippen LogP contribution is 2.19. The van der Waals surface area contributed by atoms with E-state index in [2.05, 4.69) is 0 Å². The van der Waals surface area contributed by atoms with E-state index in [1.807, 2.05) is 32.9 Å². The van der Waals surface area contributed by atoms with Gasteiger partial charge in [-0.05, 0) is 49.4 Å². The predicted octanol–water partition coefficient (Wildman–Crippen LogP) is 3.30. The van der Waals surface area contributed by atoms with Crippen molar-refractivity contribution in [3.05, 3.63) is 34.4 Å². The Morgan fingerprint density at radius 2 is 1.61 bits per heavy atom. The number of carboxylic acid groups (broad SMARTS) is 1. The third-order valence-electron chi connectivity index (χ3n) is 3.20. The lowest BCUT2D eigenvalue weighted by molar-refractivity contribution is -0.137. The molecule has 0 fully saturated rings. The first kappa shape index (κ1) is 14.4. The van der Waals surface area contributed by atoms with E-state index < -0.39 is 5.97 Å². The highest BCUT2D eigenvalue weighted by atomic mass is 16.4. The number of carbonyl (C=O) groups is 2. The van der Waals surface area contributed by atoms with Crippen LogP contribution in [0.15, 0.2) is 12.1 Å². The SMILES string of the molecule is Cc1cc(C)c(C(=O)C[C@@H](C)CC(=O)O)cc1C. The molecule has 0 bridgehead atoms. The number of hydrogen-bond donors (Lipinski definition) is 1. The lowest BCUT2D eigenvalue weighted by Crippen LogP contribution is -2.11. The molecule has 1 N–H and O–H groups in total. The molecule has 18 heavy (non-hydrogen) atoms. The first-order valence-corrected chi connectivity index (χ1v) is 6.14. The molecule has 0 saturated carbocycles. The third-order valence-corrected chi connectivity index (χ3v) is 3.20. The average Bonchev–Trinajstić information content (AvgIpc) is 2.21. The summed E-state index contributed by atoms with van der Waals surface area (Å²) < 4.78 is 0. The van der Waals surface area contributed by atoms with E-state index in [0.29, 0.717) is 0 Å². The maximum absolute atomic E-state index is 12.1. The van der Waals surface area contributed by atoms with Gasteiger partial charge in [0.2, 0.25) is 0 Å². The van der Waals surface area contributed by atoms with E-state index in [4.69, 9.17) is 5.11 Å². The van der Waals surface area contributed by atoms with Crippen LogP contribution in [0.25, 0.3) is 0 Å². The molecule has 1 rings (SSSR count). The summed E-state index contributed by atoms with van der Waals surface area (Å²) >= 11 is 0. The molecule has 0 aliphatic heterocycles. The van der Waals surface area contributed by atoms with Crippen LogP contribution in [0.2, 0.25) is 0 Å². The lowest BCUT2D eigenvalue weighted by atomic mass is 9.92. The molecule has 1 aromatic carbocycles. The van der Waals surface area contributed by atoms with Crippen molar-refractivity contribution < 1.29 is 14.7 Å². The fourth-order valence-corrected chi connectivity index (χ4v) is 2.06. The summed E-state index contributed by atoms with van der Waals surface area (Å²) in [6.45, 7) is 7.71. The second-order valence-corrected chi connectivity index (χ2v) is 5.08. The largest absolute Gasteiger partial charge is 0.481 e. The van der Waals surface area contributed by atoms with Gasteiger partial charge in [-0.1, -0.05) is 13.0 Å². The highest BCUT2D eigenvalue weighted by Gasteiger charge is 2.16. The van der Waals surface area contributed by atoms with Crippen molar-refractivity contribution in [2.45, 2.75) is 40.5 Å². The van der Waals surface area contributed by atoms with Crippen molar-refractivity contribution in [2.75, 3.05) is 0 Å². The third kappa shape index (κ3) is 3.69. The van der Waals surface area contributed by atoms with Crippen LogP contribution >= 0.6 is 0 Å². The fourth-order valence-electron chi connectivity index (χ4n) is 2.06. The number of carbonyl (C=O) groups excluding carboxylic acids is 1. The number of benzene rings is 1. The van der Waals surface area contributed by atoms with Crippen LogP contribution in [0.5, 0.6) is 0 Å². The minimum absolute atomic E-state index is 0.0318. The van der Waals surface area contributed by atoms with Crippen molar-refractivity contribution in [3.63, 3.8) is 0 Å².